The predicted molar refractivity (Wildman–Crippen MR) is 106 cm³/mol. The summed E-state index contributed by atoms with van der Waals surface area (Å²) in [5.41, 5.74) is 1.75. The lowest BCUT2D eigenvalue weighted by molar-refractivity contribution is 0.105. The maximum atomic E-state index is 5.65. The molecular formula is C18H28IN3O. The van der Waals surface area contributed by atoms with Crippen LogP contribution >= 0.6 is 24.0 Å². The molecule has 1 heterocycles. The van der Waals surface area contributed by atoms with Gasteiger partial charge in [0.05, 0.1) is 6.10 Å². The smallest absolute Gasteiger partial charge is 0.191 e. The van der Waals surface area contributed by atoms with Crippen molar-refractivity contribution in [1.29, 1.82) is 0 Å². The first-order chi connectivity index (χ1) is 10.8. The van der Waals surface area contributed by atoms with Gasteiger partial charge in [0.2, 0.25) is 0 Å². The van der Waals surface area contributed by atoms with Gasteiger partial charge in [0.25, 0.3) is 0 Å². The summed E-state index contributed by atoms with van der Waals surface area (Å²) >= 11 is 0. The van der Waals surface area contributed by atoms with Gasteiger partial charge in [-0.05, 0) is 37.7 Å². The zero-order valence-corrected chi connectivity index (χ0v) is 16.2. The van der Waals surface area contributed by atoms with Gasteiger partial charge in [0.15, 0.2) is 5.96 Å². The molecular weight excluding hydrogens is 401 g/mol. The van der Waals surface area contributed by atoms with Crippen molar-refractivity contribution in [2.75, 3.05) is 26.7 Å². The van der Waals surface area contributed by atoms with E-state index in [1.807, 2.05) is 7.05 Å². The predicted octanol–water partition coefficient (Wildman–Crippen LogP) is 3.07. The van der Waals surface area contributed by atoms with Crippen LogP contribution in [-0.2, 0) is 10.2 Å². The lowest BCUT2D eigenvalue weighted by Crippen LogP contribution is -2.42. The molecule has 1 unspecified atom stereocenters. The Bertz CT molecular complexity index is 496. The monoisotopic (exact) mass is 429 g/mol. The SMILES string of the molecule is CN=C(NCCC1CCCO1)NCC1(c2ccccc2)CC1.I. The molecule has 2 fully saturated rings. The van der Waals surface area contributed by atoms with Crippen molar-refractivity contribution in [3.8, 4) is 0 Å². The minimum Gasteiger partial charge on any atom is -0.378 e. The fraction of sp³-hybridized carbons (Fsp3) is 0.611. The topological polar surface area (TPSA) is 45.7 Å². The van der Waals surface area contributed by atoms with Crippen LogP contribution in [0.15, 0.2) is 35.3 Å². The minimum absolute atomic E-state index is 0. The normalized spacial score (nSPS) is 22.3. The number of guanidine groups is 1. The Morgan fingerprint density at radius 3 is 2.65 bits per heavy atom. The van der Waals surface area contributed by atoms with Gasteiger partial charge in [-0.1, -0.05) is 30.3 Å². The highest BCUT2D eigenvalue weighted by molar-refractivity contribution is 14.0. The number of hydrogen-bond acceptors (Lipinski definition) is 2. The first-order valence-corrected chi connectivity index (χ1v) is 8.44. The van der Waals surface area contributed by atoms with E-state index in [9.17, 15) is 0 Å². The van der Waals surface area contributed by atoms with Crippen molar-refractivity contribution in [2.24, 2.45) is 4.99 Å². The van der Waals surface area contributed by atoms with Crippen molar-refractivity contribution in [3.63, 3.8) is 0 Å². The van der Waals surface area contributed by atoms with Gasteiger partial charge in [-0.15, -0.1) is 24.0 Å². The van der Waals surface area contributed by atoms with Gasteiger partial charge in [-0.3, -0.25) is 4.99 Å². The highest BCUT2D eigenvalue weighted by Crippen LogP contribution is 2.47. The maximum absolute atomic E-state index is 5.65. The molecule has 2 N–H and O–H groups in total. The Morgan fingerprint density at radius 2 is 2.04 bits per heavy atom. The third-order valence-electron chi connectivity index (χ3n) is 4.84. The van der Waals surface area contributed by atoms with E-state index in [1.54, 1.807) is 0 Å². The van der Waals surface area contributed by atoms with E-state index < -0.39 is 0 Å². The van der Waals surface area contributed by atoms with Gasteiger partial charge in [-0.25, -0.2) is 0 Å². The Balaban J connectivity index is 0.00000192. The van der Waals surface area contributed by atoms with Crippen LogP contribution in [0.25, 0.3) is 0 Å². The lowest BCUT2D eigenvalue weighted by Gasteiger charge is -2.19. The highest BCUT2D eigenvalue weighted by Gasteiger charge is 2.43. The van der Waals surface area contributed by atoms with Crippen molar-refractivity contribution >= 4 is 29.9 Å². The van der Waals surface area contributed by atoms with Crippen LogP contribution in [0.5, 0.6) is 0 Å². The number of benzene rings is 1. The van der Waals surface area contributed by atoms with Crippen molar-refractivity contribution < 1.29 is 4.74 Å². The molecule has 1 saturated carbocycles. The maximum Gasteiger partial charge on any atom is 0.191 e. The number of ether oxygens (including phenoxy) is 1. The van der Waals surface area contributed by atoms with Crippen molar-refractivity contribution in [1.82, 2.24) is 10.6 Å². The average molecular weight is 429 g/mol. The molecule has 1 saturated heterocycles. The highest BCUT2D eigenvalue weighted by atomic mass is 127. The summed E-state index contributed by atoms with van der Waals surface area (Å²) in [5, 5.41) is 6.90. The van der Waals surface area contributed by atoms with Crippen LogP contribution in [0, 0.1) is 0 Å². The summed E-state index contributed by atoms with van der Waals surface area (Å²) in [4.78, 5) is 4.33. The second kappa shape index (κ2) is 8.87. The van der Waals surface area contributed by atoms with Gasteiger partial charge in [0.1, 0.15) is 0 Å². The minimum atomic E-state index is 0. The second-order valence-electron chi connectivity index (χ2n) is 6.42. The molecule has 1 aromatic rings. The van der Waals surface area contributed by atoms with Crippen LogP contribution in [-0.4, -0.2) is 38.8 Å². The molecule has 1 aliphatic heterocycles. The third kappa shape index (κ3) is 5.08. The van der Waals surface area contributed by atoms with E-state index >= 15 is 0 Å². The fourth-order valence-corrected chi connectivity index (χ4v) is 3.21. The standard InChI is InChI=1S/C18H27N3O.HI/c1-19-17(20-12-9-16-8-5-13-22-16)21-14-18(10-11-18)15-6-3-2-4-7-15;/h2-4,6-7,16H,5,8-14H2,1H3,(H2,19,20,21);1H. The van der Waals surface area contributed by atoms with Gasteiger partial charge in [0, 0.05) is 32.2 Å². The molecule has 0 aromatic heterocycles. The van der Waals surface area contributed by atoms with E-state index in [-0.39, 0.29) is 24.0 Å². The molecule has 23 heavy (non-hydrogen) atoms. The number of aliphatic imine (C=N–C) groups is 1. The summed E-state index contributed by atoms with van der Waals surface area (Å²) in [7, 11) is 1.84. The molecule has 0 spiro atoms. The number of nitrogens with zero attached hydrogens (tertiary/aromatic N) is 1. The zero-order chi connectivity index (χ0) is 15.3. The summed E-state index contributed by atoms with van der Waals surface area (Å²) in [6, 6.07) is 10.8. The number of rotatable bonds is 6. The van der Waals surface area contributed by atoms with E-state index in [2.05, 4.69) is 46.0 Å². The van der Waals surface area contributed by atoms with E-state index in [4.69, 9.17) is 4.74 Å². The lowest BCUT2D eigenvalue weighted by atomic mass is 9.96. The summed E-state index contributed by atoms with van der Waals surface area (Å²) in [5.74, 6) is 0.903. The Hall–Kier alpha value is -0.820. The largest absolute Gasteiger partial charge is 0.378 e. The quantitative estimate of drug-likeness (QED) is 0.415. The van der Waals surface area contributed by atoms with Crippen LogP contribution in [0.3, 0.4) is 0 Å². The number of halogens is 1. The van der Waals surface area contributed by atoms with Crippen molar-refractivity contribution in [2.45, 2.75) is 43.6 Å². The van der Waals surface area contributed by atoms with Crippen LogP contribution in [0.1, 0.15) is 37.7 Å². The Morgan fingerprint density at radius 1 is 1.26 bits per heavy atom. The molecule has 0 amide bonds. The van der Waals surface area contributed by atoms with Gasteiger partial charge < -0.3 is 15.4 Å². The summed E-state index contributed by atoms with van der Waals surface area (Å²) in [6.45, 7) is 2.80. The number of hydrogen-bond donors (Lipinski definition) is 2. The summed E-state index contributed by atoms with van der Waals surface area (Å²) in [6.07, 6.45) is 6.42. The zero-order valence-electron chi connectivity index (χ0n) is 13.9. The van der Waals surface area contributed by atoms with Gasteiger partial charge >= 0.3 is 0 Å². The van der Waals surface area contributed by atoms with Crippen LogP contribution in [0.4, 0.5) is 0 Å². The molecule has 4 nitrogen and oxygen atoms in total. The number of nitrogens with one attached hydrogen (secondary N) is 2. The molecule has 2 aliphatic rings. The first kappa shape index (κ1) is 18.5. The molecule has 1 atom stereocenters. The molecule has 3 rings (SSSR count). The Kier molecular flexibility index (Phi) is 7.14. The molecule has 0 bridgehead atoms. The van der Waals surface area contributed by atoms with Gasteiger partial charge in [-0.2, -0.15) is 0 Å². The molecule has 5 heteroatoms. The third-order valence-corrected chi connectivity index (χ3v) is 4.84. The van der Waals surface area contributed by atoms with Crippen LogP contribution in [0.2, 0.25) is 0 Å². The fourth-order valence-electron chi connectivity index (χ4n) is 3.21. The molecule has 1 aliphatic carbocycles. The first-order valence-electron chi connectivity index (χ1n) is 8.44. The second-order valence-corrected chi connectivity index (χ2v) is 6.42. The molecule has 0 radical (unpaired) electrons. The van der Waals surface area contributed by atoms with E-state index in [0.29, 0.717) is 11.5 Å². The molecule has 1 aromatic carbocycles. The van der Waals surface area contributed by atoms with Crippen LogP contribution < -0.4 is 10.6 Å². The Labute approximate surface area is 156 Å². The van der Waals surface area contributed by atoms with Crippen molar-refractivity contribution in [3.05, 3.63) is 35.9 Å². The van der Waals surface area contributed by atoms with E-state index in [1.165, 1.54) is 31.2 Å². The average Bonchev–Trinajstić information content (AvgIpc) is 3.18. The summed E-state index contributed by atoms with van der Waals surface area (Å²) < 4.78 is 5.65. The van der Waals surface area contributed by atoms with E-state index in [0.717, 1.165) is 32.1 Å². The molecule has 128 valence electrons.